The summed E-state index contributed by atoms with van der Waals surface area (Å²) in [5.41, 5.74) is 1.84. The number of hydrogen-bond donors (Lipinski definition) is 0. The van der Waals surface area contributed by atoms with Crippen LogP contribution in [0.2, 0.25) is 0 Å². The number of amides is 1. The first kappa shape index (κ1) is 20.6. The van der Waals surface area contributed by atoms with Crippen molar-refractivity contribution in [2.24, 2.45) is 5.10 Å². The molecule has 8 nitrogen and oxygen atoms in total. The van der Waals surface area contributed by atoms with E-state index in [0.29, 0.717) is 15.8 Å². The number of carbonyl (C=O) groups is 1. The molecule has 0 aliphatic heterocycles. The van der Waals surface area contributed by atoms with E-state index in [2.05, 4.69) is 10.1 Å². The molecule has 0 N–H and O–H groups in total. The minimum atomic E-state index is -0.464. The minimum Gasteiger partial charge on any atom is -0.484 e. The smallest absolute Gasteiger partial charge is 0.324 e. The number of nitrogens with zero attached hydrogens (tertiary/aromatic N) is 4. The number of aryl methyl sites for hydroxylation is 1. The SMILES string of the molecule is Cc1ccc2nc(N(/N=C/c3ccc([N+](=O)[O-])s3)C(=O)COc3ccccc3)sc2c1. The van der Waals surface area contributed by atoms with Crippen LogP contribution in [-0.4, -0.2) is 28.6 Å². The second-order valence-electron chi connectivity index (χ2n) is 6.45. The van der Waals surface area contributed by atoms with Crippen LogP contribution < -0.4 is 9.75 Å². The zero-order valence-electron chi connectivity index (χ0n) is 16.3. The van der Waals surface area contributed by atoms with Crippen LogP contribution in [0, 0.1) is 17.0 Å². The summed E-state index contributed by atoms with van der Waals surface area (Å²) in [5.74, 6) is 0.149. The van der Waals surface area contributed by atoms with Gasteiger partial charge in [-0.15, -0.1) is 0 Å². The van der Waals surface area contributed by atoms with Gasteiger partial charge in [-0.1, -0.05) is 46.9 Å². The lowest BCUT2D eigenvalue weighted by Crippen LogP contribution is -2.30. The van der Waals surface area contributed by atoms with E-state index >= 15 is 0 Å². The van der Waals surface area contributed by atoms with Crippen LogP contribution in [0.15, 0.2) is 65.8 Å². The number of anilines is 1. The quantitative estimate of drug-likeness (QED) is 0.223. The lowest BCUT2D eigenvalue weighted by molar-refractivity contribution is -0.380. The number of ether oxygens (including phenoxy) is 1. The molecule has 0 spiro atoms. The number of thiazole rings is 1. The van der Waals surface area contributed by atoms with Crippen molar-refractivity contribution in [1.29, 1.82) is 0 Å². The molecule has 2 heterocycles. The predicted octanol–water partition coefficient (Wildman–Crippen LogP) is 5.02. The number of para-hydroxylation sites is 1. The second-order valence-corrected chi connectivity index (χ2v) is 8.56. The van der Waals surface area contributed by atoms with Crippen molar-refractivity contribution in [1.82, 2.24) is 4.98 Å². The number of rotatable bonds is 7. The fourth-order valence-electron chi connectivity index (χ4n) is 2.68. The monoisotopic (exact) mass is 452 g/mol. The highest BCUT2D eigenvalue weighted by Crippen LogP contribution is 2.30. The van der Waals surface area contributed by atoms with Gasteiger partial charge in [0.05, 0.1) is 26.2 Å². The van der Waals surface area contributed by atoms with E-state index in [0.717, 1.165) is 27.1 Å². The van der Waals surface area contributed by atoms with Crippen molar-refractivity contribution in [3.8, 4) is 5.75 Å². The van der Waals surface area contributed by atoms with Gasteiger partial charge in [0, 0.05) is 6.07 Å². The molecule has 2 aromatic heterocycles. The van der Waals surface area contributed by atoms with Gasteiger partial charge in [-0.25, -0.2) is 4.98 Å². The molecule has 0 aliphatic rings. The fraction of sp³-hybridized carbons (Fsp3) is 0.0952. The normalized spacial score (nSPS) is 11.1. The van der Waals surface area contributed by atoms with Crippen LogP contribution >= 0.6 is 22.7 Å². The molecular formula is C21H16N4O4S2. The third-order valence-corrected chi connectivity index (χ3v) is 6.11. The third kappa shape index (κ3) is 4.93. The van der Waals surface area contributed by atoms with Gasteiger partial charge in [-0.3, -0.25) is 14.9 Å². The maximum atomic E-state index is 12.9. The van der Waals surface area contributed by atoms with E-state index in [1.165, 1.54) is 28.6 Å². The standard InChI is InChI=1S/C21H16N4O4S2/c1-14-7-9-17-18(11-14)31-21(23-17)24(19(26)13-29-15-5-3-2-4-6-15)22-12-16-8-10-20(30-16)25(27)28/h2-12H,13H2,1H3/b22-12+. The Balaban J connectivity index is 1.62. The van der Waals surface area contributed by atoms with E-state index in [1.807, 2.05) is 43.3 Å². The van der Waals surface area contributed by atoms with Gasteiger partial charge in [0.25, 0.3) is 5.91 Å². The summed E-state index contributed by atoms with van der Waals surface area (Å²) in [4.78, 5) is 28.5. The molecule has 10 heteroatoms. The van der Waals surface area contributed by atoms with Gasteiger partial charge >= 0.3 is 5.00 Å². The van der Waals surface area contributed by atoms with Crippen molar-refractivity contribution >= 4 is 55.1 Å². The summed E-state index contributed by atoms with van der Waals surface area (Å²) in [6.07, 6.45) is 1.41. The largest absolute Gasteiger partial charge is 0.484 e. The Labute approximate surface area is 185 Å². The van der Waals surface area contributed by atoms with E-state index in [9.17, 15) is 14.9 Å². The van der Waals surface area contributed by atoms with Crippen molar-refractivity contribution in [3.05, 3.63) is 81.2 Å². The molecule has 0 fully saturated rings. The molecule has 0 saturated carbocycles. The molecule has 0 saturated heterocycles. The number of hydrazone groups is 1. The number of carbonyl (C=O) groups excluding carboxylic acids is 1. The average molecular weight is 453 g/mol. The third-order valence-electron chi connectivity index (χ3n) is 4.15. The van der Waals surface area contributed by atoms with E-state index < -0.39 is 10.8 Å². The van der Waals surface area contributed by atoms with Gasteiger partial charge < -0.3 is 4.74 Å². The molecule has 0 unspecified atom stereocenters. The summed E-state index contributed by atoms with van der Waals surface area (Å²) in [6, 6.07) is 17.8. The van der Waals surface area contributed by atoms with Crippen LogP contribution in [0.25, 0.3) is 10.2 Å². The van der Waals surface area contributed by atoms with Crippen LogP contribution in [0.3, 0.4) is 0 Å². The van der Waals surface area contributed by atoms with Crippen molar-refractivity contribution in [3.63, 3.8) is 0 Å². The van der Waals surface area contributed by atoms with Crippen LogP contribution in [0.4, 0.5) is 10.1 Å². The lowest BCUT2D eigenvalue weighted by Gasteiger charge is -2.14. The van der Waals surface area contributed by atoms with Gasteiger partial charge in [-0.05, 0) is 42.8 Å². The number of hydrogen-bond acceptors (Lipinski definition) is 8. The maximum absolute atomic E-state index is 12.9. The van der Waals surface area contributed by atoms with E-state index in [-0.39, 0.29) is 11.6 Å². The van der Waals surface area contributed by atoms with Crippen LogP contribution in [0.1, 0.15) is 10.4 Å². The fourth-order valence-corrected chi connectivity index (χ4v) is 4.41. The van der Waals surface area contributed by atoms with Crippen LogP contribution in [-0.2, 0) is 4.79 Å². The summed E-state index contributed by atoms with van der Waals surface area (Å²) in [7, 11) is 0. The second kappa shape index (κ2) is 9.02. The first-order valence-electron chi connectivity index (χ1n) is 9.16. The minimum absolute atomic E-state index is 0.00204. The van der Waals surface area contributed by atoms with E-state index in [1.54, 1.807) is 18.2 Å². The maximum Gasteiger partial charge on any atom is 0.324 e. The number of benzene rings is 2. The molecule has 0 aliphatic carbocycles. The number of nitro groups is 1. The first-order valence-corrected chi connectivity index (χ1v) is 10.8. The molecule has 2 aromatic carbocycles. The first-order chi connectivity index (χ1) is 15.0. The van der Waals surface area contributed by atoms with Crippen LogP contribution in [0.5, 0.6) is 5.75 Å². The Hall–Kier alpha value is -3.63. The summed E-state index contributed by atoms with van der Waals surface area (Å²) in [5, 5.41) is 16.8. The molecule has 31 heavy (non-hydrogen) atoms. The molecule has 0 atom stereocenters. The van der Waals surface area contributed by atoms with Crippen molar-refractivity contribution in [2.75, 3.05) is 11.6 Å². The van der Waals surface area contributed by atoms with E-state index in [4.69, 9.17) is 4.74 Å². The van der Waals surface area contributed by atoms with Crippen molar-refractivity contribution in [2.45, 2.75) is 6.92 Å². The summed E-state index contributed by atoms with van der Waals surface area (Å²) < 4.78 is 6.51. The Bertz CT molecular complexity index is 1270. The molecule has 0 bridgehead atoms. The predicted molar refractivity (Wildman–Crippen MR) is 122 cm³/mol. The van der Waals surface area contributed by atoms with Gasteiger partial charge in [0.1, 0.15) is 5.75 Å². The lowest BCUT2D eigenvalue weighted by atomic mass is 10.2. The van der Waals surface area contributed by atoms with Gasteiger partial charge in [0.15, 0.2) is 6.61 Å². The topological polar surface area (TPSA) is 97.9 Å². The summed E-state index contributed by atoms with van der Waals surface area (Å²) >= 11 is 2.31. The molecular weight excluding hydrogens is 436 g/mol. The molecule has 1 amide bonds. The Kier molecular flexibility index (Phi) is 6.01. The Morgan fingerprint density at radius 2 is 2.00 bits per heavy atom. The number of aromatic nitrogens is 1. The Morgan fingerprint density at radius 1 is 1.19 bits per heavy atom. The zero-order chi connectivity index (χ0) is 21.8. The number of fused-ring (bicyclic) bond motifs is 1. The molecule has 0 radical (unpaired) electrons. The Morgan fingerprint density at radius 3 is 2.74 bits per heavy atom. The highest BCUT2D eigenvalue weighted by atomic mass is 32.1. The molecule has 156 valence electrons. The number of thiophene rings is 1. The molecule has 4 aromatic rings. The summed E-state index contributed by atoms with van der Waals surface area (Å²) in [6.45, 7) is 1.75. The van der Waals surface area contributed by atoms with Crippen molar-refractivity contribution < 1.29 is 14.5 Å². The average Bonchev–Trinajstić information content (AvgIpc) is 3.40. The van der Waals surface area contributed by atoms with Gasteiger partial charge in [-0.2, -0.15) is 10.1 Å². The van der Waals surface area contributed by atoms with Gasteiger partial charge in [0.2, 0.25) is 5.13 Å². The highest BCUT2D eigenvalue weighted by molar-refractivity contribution is 7.22. The zero-order valence-corrected chi connectivity index (χ0v) is 17.9. The molecule has 4 rings (SSSR count). The highest BCUT2D eigenvalue weighted by Gasteiger charge is 2.20.